The lowest BCUT2D eigenvalue weighted by molar-refractivity contribution is 0.0716. The van der Waals surface area contributed by atoms with Crippen LogP contribution in [0.2, 0.25) is 0 Å². The number of fused-ring (bicyclic) bond motifs is 1. The van der Waals surface area contributed by atoms with E-state index < -0.39 is 0 Å². The smallest absolute Gasteiger partial charge is 0.272 e. The second-order valence-corrected chi connectivity index (χ2v) is 6.68. The number of imidazole rings is 1. The molecule has 11 heteroatoms. The molecule has 1 aromatic carbocycles. The van der Waals surface area contributed by atoms with Crippen molar-refractivity contribution in [2.45, 2.75) is 12.5 Å². The minimum Gasteiger partial charge on any atom is -0.497 e. The summed E-state index contributed by atoms with van der Waals surface area (Å²) >= 11 is 0. The third-order valence-corrected chi connectivity index (χ3v) is 5.00. The van der Waals surface area contributed by atoms with Gasteiger partial charge in [-0.05, 0) is 28.1 Å². The maximum absolute atomic E-state index is 13.1. The van der Waals surface area contributed by atoms with E-state index in [9.17, 15) is 4.79 Å². The molecule has 4 aromatic rings. The van der Waals surface area contributed by atoms with Crippen LogP contribution in [0.4, 0.5) is 0 Å². The van der Waals surface area contributed by atoms with Gasteiger partial charge in [-0.15, -0.1) is 5.10 Å². The number of carbonyl (C=O) groups excluding carboxylic acids is 1. The number of rotatable bonds is 4. The molecule has 1 unspecified atom stereocenters. The van der Waals surface area contributed by atoms with E-state index in [0.29, 0.717) is 24.6 Å². The van der Waals surface area contributed by atoms with Gasteiger partial charge < -0.3 is 14.6 Å². The number of aromatic nitrogens is 8. The monoisotopic (exact) mass is 391 g/mol. The fraction of sp³-hybridized carbons (Fsp3) is 0.222. The molecule has 1 aliphatic heterocycles. The predicted molar refractivity (Wildman–Crippen MR) is 99.5 cm³/mol. The molecule has 0 saturated heterocycles. The van der Waals surface area contributed by atoms with E-state index in [-0.39, 0.29) is 11.8 Å². The summed E-state index contributed by atoms with van der Waals surface area (Å²) in [5.41, 5.74) is 3.26. The molecule has 0 aliphatic carbocycles. The second kappa shape index (κ2) is 6.86. The minimum absolute atomic E-state index is 0.0639. The quantitative estimate of drug-likeness (QED) is 0.528. The van der Waals surface area contributed by atoms with Crippen molar-refractivity contribution in [1.29, 1.82) is 0 Å². The van der Waals surface area contributed by atoms with Crippen LogP contribution < -0.4 is 4.74 Å². The number of aromatic amines is 2. The van der Waals surface area contributed by atoms with Crippen molar-refractivity contribution in [2.24, 2.45) is 0 Å². The number of carbonyl (C=O) groups is 1. The first-order valence-corrected chi connectivity index (χ1v) is 8.97. The van der Waals surface area contributed by atoms with Gasteiger partial charge in [0.15, 0.2) is 5.82 Å². The first kappa shape index (κ1) is 17.1. The number of H-pyrrole nitrogens is 2. The van der Waals surface area contributed by atoms with Crippen molar-refractivity contribution < 1.29 is 9.53 Å². The first-order valence-electron chi connectivity index (χ1n) is 8.97. The van der Waals surface area contributed by atoms with Crippen molar-refractivity contribution in [3.05, 3.63) is 65.6 Å². The molecule has 29 heavy (non-hydrogen) atoms. The number of amides is 1. The Morgan fingerprint density at radius 2 is 2.24 bits per heavy atom. The molecule has 0 radical (unpaired) electrons. The summed E-state index contributed by atoms with van der Waals surface area (Å²) < 4.78 is 6.74. The molecular formula is C18H17N9O2. The molecule has 3 aromatic heterocycles. The molecule has 2 N–H and O–H groups in total. The van der Waals surface area contributed by atoms with Crippen molar-refractivity contribution >= 4 is 5.91 Å². The number of tetrazole rings is 1. The molecule has 146 valence electrons. The largest absolute Gasteiger partial charge is 0.497 e. The van der Waals surface area contributed by atoms with E-state index in [1.807, 2.05) is 24.3 Å². The number of methoxy groups -OCH3 is 1. The third kappa shape index (κ3) is 3.02. The predicted octanol–water partition coefficient (Wildman–Crippen LogP) is 0.905. The Morgan fingerprint density at radius 3 is 3.07 bits per heavy atom. The number of hydrogen-bond acceptors (Lipinski definition) is 7. The lowest BCUT2D eigenvalue weighted by Crippen LogP contribution is -2.39. The summed E-state index contributed by atoms with van der Waals surface area (Å²) in [6, 6.07) is 9.46. The van der Waals surface area contributed by atoms with Gasteiger partial charge in [0.25, 0.3) is 5.91 Å². The van der Waals surface area contributed by atoms with Gasteiger partial charge in [0.2, 0.25) is 0 Å². The van der Waals surface area contributed by atoms with E-state index in [1.165, 1.54) is 11.0 Å². The zero-order chi connectivity index (χ0) is 19.8. The van der Waals surface area contributed by atoms with Crippen LogP contribution >= 0.6 is 0 Å². The lowest BCUT2D eigenvalue weighted by Gasteiger charge is -2.32. The Labute approximate surface area is 164 Å². The van der Waals surface area contributed by atoms with Crippen LogP contribution in [0, 0.1) is 0 Å². The van der Waals surface area contributed by atoms with Gasteiger partial charge in [0.05, 0.1) is 31.4 Å². The Morgan fingerprint density at radius 1 is 1.31 bits per heavy atom. The summed E-state index contributed by atoms with van der Waals surface area (Å²) in [7, 11) is 1.64. The molecule has 5 rings (SSSR count). The van der Waals surface area contributed by atoms with Gasteiger partial charge in [0.1, 0.15) is 17.8 Å². The molecule has 1 aliphatic rings. The van der Waals surface area contributed by atoms with E-state index in [2.05, 4.69) is 35.7 Å². The molecule has 0 spiro atoms. The average Bonchev–Trinajstić information content (AvgIpc) is 3.53. The van der Waals surface area contributed by atoms with Crippen LogP contribution in [0.3, 0.4) is 0 Å². The second-order valence-electron chi connectivity index (χ2n) is 6.68. The highest BCUT2D eigenvalue weighted by molar-refractivity contribution is 5.93. The van der Waals surface area contributed by atoms with Crippen LogP contribution in [0.1, 0.15) is 33.4 Å². The minimum atomic E-state index is -0.162. The number of hydrogen-bond donors (Lipinski definition) is 2. The van der Waals surface area contributed by atoms with Crippen molar-refractivity contribution in [2.75, 3.05) is 13.7 Å². The van der Waals surface area contributed by atoms with Gasteiger partial charge in [-0.2, -0.15) is 9.78 Å². The summed E-state index contributed by atoms with van der Waals surface area (Å²) in [5.74, 6) is 0.987. The van der Waals surface area contributed by atoms with E-state index in [1.54, 1.807) is 24.4 Å². The van der Waals surface area contributed by atoms with Crippen LogP contribution in [-0.4, -0.2) is 64.8 Å². The number of ether oxygens (including phenoxy) is 1. The maximum Gasteiger partial charge on any atom is 0.272 e. The fourth-order valence-corrected chi connectivity index (χ4v) is 3.57. The van der Waals surface area contributed by atoms with E-state index in [0.717, 1.165) is 22.7 Å². The Balaban J connectivity index is 1.45. The highest BCUT2D eigenvalue weighted by Crippen LogP contribution is 2.33. The van der Waals surface area contributed by atoms with Gasteiger partial charge >= 0.3 is 0 Å². The number of benzene rings is 1. The molecular weight excluding hydrogens is 374 g/mol. The van der Waals surface area contributed by atoms with Gasteiger partial charge in [-0.1, -0.05) is 12.1 Å². The van der Waals surface area contributed by atoms with Gasteiger partial charge in [0, 0.05) is 18.5 Å². The molecule has 0 fully saturated rings. The van der Waals surface area contributed by atoms with Crippen LogP contribution in [-0.2, 0) is 6.54 Å². The Hall–Kier alpha value is -4.02. The van der Waals surface area contributed by atoms with Crippen LogP contribution in [0.25, 0.3) is 5.82 Å². The van der Waals surface area contributed by atoms with Gasteiger partial charge in [-0.3, -0.25) is 9.89 Å². The molecule has 4 heterocycles. The van der Waals surface area contributed by atoms with Gasteiger partial charge in [-0.25, -0.2) is 4.98 Å². The van der Waals surface area contributed by atoms with Crippen molar-refractivity contribution in [3.63, 3.8) is 0 Å². The van der Waals surface area contributed by atoms with Crippen LogP contribution in [0.5, 0.6) is 5.75 Å². The Kier molecular flexibility index (Phi) is 4.04. The maximum atomic E-state index is 13.1. The lowest BCUT2D eigenvalue weighted by atomic mass is 9.90. The SMILES string of the molecule is COc1cccc(C2CN(C(=O)c3cc(-n4cnnn4)n[nH]3)Cc3[nH]cnc32)c1. The first-order chi connectivity index (χ1) is 14.2. The summed E-state index contributed by atoms with van der Waals surface area (Å²) in [6.45, 7) is 0.928. The molecule has 11 nitrogen and oxygen atoms in total. The third-order valence-electron chi connectivity index (χ3n) is 5.00. The fourth-order valence-electron chi connectivity index (χ4n) is 3.57. The molecule has 0 bridgehead atoms. The topological polar surface area (TPSA) is 130 Å². The summed E-state index contributed by atoms with van der Waals surface area (Å²) in [6.07, 6.45) is 3.08. The highest BCUT2D eigenvalue weighted by atomic mass is 16.5. The van der Waals surface area contributed by atoms with E-state index >= 15 is 0 Å². The number of nitrogens with zero attached hydrogens (tertiary/aromatic N) is 7. The summed E-state index contributed by atoms with van der Waals surface area (Å²) in [5, 5.41) is 17.8. The van der Waals surface area contributed by atoms with Crippen molar-refractivity contribution in [3.8, 4) is 11.6 Å². The Bertz CT molecular complexity index is 1150. The summed E-state index contributed by atoms with van der Waals surface area (Å²) in [4.78, 5) is 22.6. The average molecular weight is 391 g/mol. The van der Waals surface area contributed by atoms with Crippen molar-refractivity contribution in [1.82, 2.24) is 45.3 Å². The zero-order valence-electron chi connectivity index (χ0n) is 15.5. The van der Waals surface area contributed by atoms with Crippen LogP contribution in [0.15, 0.2) is 43.0 Å². The normalized spacial score (nSPS) is 15.9. The molecule has 1 amide bonds. The number of nitrogens with one attached hydrogen (secondary N) is 2. The highest BCUT2D eigenvalue weighted by Gasteiger charge is 2.32. The molecule has 1 atom stereocenters. The zero-order valence-corrected chi connectivity index (χ0v) is 15.5. The van der Waals surface area contributed by atoms with E-state index in [4.69, 9.17) is 4.74 Å². The molecule has 0 saturated carbocycles. The standard InChI is InChI=1S/C18H17N9O2/c1-29-12-4-2-3-11(5-12)13-7-26(8-15-17(13)20-9-19-15)18(28)14-6-16(23-22-14)27-10-21-24-25-27/h2-6,9-10,13H,7-8H2,1H3,(H,19,20)(H,22,23).